The van der Waals surface area contributed by atoms with Crippen molar-refractivity contribution in [2.75, 3.05) is 0 Å². The number of carbonyl (C=O) groups excluding carboxylic acids is 1. The zero-order valence-corrected chi connectivity index (χ0v) is 12.4. The summed E-state index contributed by atoms with van der Waals surface area (Å²) >= 11 is 5.90. The van der Waals surface area contributed by atoms with Crippen molar-refractivity contribution in [3.63, 3.8) is 0 Å². The third-order valence-corrected chi connectivity index (χ3v) is 4.11. The van der Waals surface area contributed by atoms with Crippen LogP contribution >= 0.6 is 11.6 Å². The predicted molar refractivity (Wildman–Crippen MR) is 89.8 cm³/mol. The van der Waals surface area contributed by atoms with E-state index in [1.165, 1.54) is 0 Å². The monoisotopic (exact) mass is 305 g/mol. The van der Waals surface area contributed by atoms with Crippen molar-refractivity contribution in [1.82, 2.24) is 4.40 Å². The highest BCUT2D eigenvalue weighted by Crippen LogP contribution is 2.22. The minimum Gasteiger partial charge on any atom is -0.306 e. The van der Waals surface area contributed by atoms with Gasteiger partial charge in [-0.05, 0) is 53.9 Å². The summed E-state index contributed by atoms with van der Waals surface area (Å²) in [7, 11) is 0. The van der Waals surface area contributed by atoms with Crippen molar-refractivity contribution in [1.29, 1.82) is 0 Å². The van der Waals surface area contributed by atoms with Gasteiger partial charge in [-0.1, -0.05) is 35.9 Å². The standard InChI is InChI=1S/C19H12ClNO/c20-15-8-5-14(6-9-15)19(22)18-12-11-16-10-7-13-3-1-2-4-17(13)21(16)18/h1-12H. The number of para-hydroxylation sites is 1. The van der Waals surface area contributed by atoms with Crippen molar-refractivity contribution in [2.45, 2.75) is 0 Å². The lowest BCUT2D eigenvalue weighted by Gasteiger charge is -2.07. The van der Waals surface area contributed by atoms with Gasteiger partial charge in [-0.3, -0.25) is 4.79 Å². The Morgan fingerprint density at radius 1 is 0.818 bits per heavy atom. The van der Waals surface area contributed by atoms with E-state index in [0.717, 1.165) is 16.4 Å². The lowest BCUT2D eigenvalue weighted by Crippen LogP contribution is -2.05. The molecule has 0 aliphatic rings. The van der Waals surface area contributed by atoms with Gasteiger partial charge in [-0.2, -0.15) is 0 Å². The van der Waals surface area contributed by atoms with E-state index < -0.39 is 0 Å². The van der Waals surface area contributed by atoms with Gasteiger partial charge in [0, 0.05) is 16.1 Å². The summed E-state index contributed by atoms with van der Waals surface area (Å²) in [5.74, 6) is -0.00646. The molecule has 0 fully saturated rings. The summed E-state index contributed by atoms with van der Waals surface area (Å²) in [6.07, 6.45) is 0. The number of pyridine rings is 1. The van der Waals surface area contributed by atoms with E-state index in [2.05, 4.69) is 6.07 Å². The topological polar surface area (TPSA) is 21.5 Å². The molecule has 0 amide bonds. The van der Waals surface area contributed by atoms with Gasteiger partial charge in [0.05, 0.1) is 11.2 Å². The van der Waals surface area contributed by atoms with Gasteiger partial charge in [0.2, 0.25) is 5.78 Å². The number of aromatic nitrogens is 1. The molecule has 0 unspecified atom stereocenters. The molecule has 2 aromatic carbocycles. The lowest BCUT2D eigenvalue weighted by atomic mass is 10.1. The number of hydrogen-bond acceptors (Lipinski definition) is 1. The van der Waals surface area contributed by atoms with Crippen LogP contribution in [0.3, 0.4) is 0 Å². The average molecular weight is 306 g/mol. The van der Waals surface area contributed by atoms with Crippen molar-refractivity contribution < 1.29 is 4.79 Å². The molecule has 0 aliphatic carbocycles. The van der Waals surface area contributed by atoms with Gasteiger partial charge >= 0.3 is 0 Å². The third kappa shape index (κ3) is 2.00. The number of carbonyl (C=O) groups is 1. The zero-order valence-electron chi connectivity index (χ0n) is 11.7. The maximum atomic E-state index is 12.8. The van der Waals surface area contributed by atoms with E-state index in [0.29, 0.717) is 16.3 Å². The Balaban J connectivity index is 1.97. The molecule has 22 heavy (non-hydrogen) atoms. The number of halogens is 1. The molecule has 106 valence electrons. The maximum absolute atomic E-state index is 12.8. The average Bonchev–Trinajstić information content (AvgIpc) is 2.99. The van der Waals surface area contributed by atoms with Gasteiger partial charge in [0.15, 0.2) is 0 Å². The van der Waals surface area contributed by atoms with Crippen LogP contribution in [0.25, 0.3) is 16.4 Å². The van der Waals surface area contributed by atoms with Crippen LogP contribution in [0, 0.1) is 0 Å². The second-order valence-electron chi connectivity index (χ2n) is 5.21. The first-order chi connectivity index (χ1) is 10.7. The van der Waals surface area contributed by atoms with Crippen LogP contribution in [0.4, 0.5) is 0 Å². The van der Waals surface area contributed by atoms with E-state index in [-0.39, 0.29) is 5.78 Å². The number of rotatable bonds is 2. The Labute approximate surface area is 132 Å². The van der Waals surface area contributed by atoms with Crippen molar-refractivity contribution in [3.05, 3.63) is 89.1 Å². The quantitative estimate of drug-likeness (QED) is 0.479. The molecule has 0 bridgehead atoms. The van der Waals surface area contributed by atoms with Gasteiger partial charge in [0.1, 0.15) is 0 Å². The third-order valence-electron chi connectivity index (χ3n) is 3.86. The van der Waals surface area contributed by atoms with E-state index >= 15 is 0 Å². The Hall–Kier alpha value is -2.58. The summed E-state index contributed by atoms with van der Waals surface area (Å²) in [5, 5.41) is 1.73. The second-order valence-corrected chi connectivity index (χ2v) is 5.64. The van der Waals surface area contributed by atoms with Crippen LogP contribution in [0.15, 0.2) is 72.8 Å². The molecule has 0 aliphatic heterocycles. The number of fused-ring (bicyclic) bond motifs is 3. The second kappa shape index (κ2) is 5.00. The Kier molecular flexibility index (Phi) is 2.98. The fourth-order valence-electron chi connectivity index (χ4n) is 2.79. The molecule has 4 rings (SSSR count). The first-order valence-corrected chi connectivity index (χ1v) is 7.41. The molecule has 0 spiro atoms. The van der Waals surface area contributed by atoms with Crippen molar-refractivity contribution in [3.8, 4) is 0 Å². The molecule has 2 nitrogen and oxygen atoms in total. The molecule has 0 N–H and O–H groups in total. The van der Waals surface area contributed by atoms with Crippen molar-refractivity contribution >= 4 is 33.8 Å². The van der Waals surface area contributed by atoms with Crippen LogP contribution in [0.2, 0.25) is 5.02 Å². The fraction of sp³-hybridized carbons (Fsp3) is 0. The Morgan fingerprint density at radius 3 is 2.36 bits per heavy atom. The smallest absolute Gasteiger partial charge is 0.209 e. The summed E-state index contributed by atoms with van der Waals surface area (Å²) < 4.78 is 2.01. The van der Waals surface area contributed by atoms with Crippen LogP contribution in [-0.4, -0.2) is 10.2 Å². The summed E-state index contributed by atoms with van der Waals surface area (Å²) in [6.45, 7) is 0. The molecule has 2 heterocycles. The Bertz CT molecular complexity index is 999. The van der Waals surface area contributed by atoms with Crippen LogP contribution in [0.1, 0.15) is 16.1 Å². The van der Waals surface area contributed by atoms with Crippen LogP contribution in [-0.2, 0) is 0 Å². The highest BCUT2D eigenvalue weighted by atomic mass is 35.5. The molecule has 0 saturated carbocycles. The molecule has 3 heteroatoms. The first-order valence-electron chi connectivity index (χ1n) is 7.03. The number of ketones is 1. The molecule has 0 atom stereocenters. The Morgan fingerprint density at radius 2 is 1.55 bits per heavy atom. The first kappa shape index (κ1) is 13.1. The molecule has 4 aromatic rings. The van der Waals surface area contributed by atoms with E-state index in [9.17, 15) is 4.79 Å². The lowest BCUT2D eigenvalue weighted by molar-refractivity contribution is 0.103. The number of nitrogens with zero attached hydrogens (tertiary/aromatic N) is 1. The van der Waals surface area contributed by atoms with Gasteiger partial charge in [-0.15, -0.1) is 0 Å². The number of benzene rings is 2. The van der Waals surface area contributed by atoms with Gasteiger partial charge < -0.3 is 4.40 Å². The largest absolute Gasteiger partial charge is 0.306 e. The van der Waals surface area contributed by atoms with E-state index in [4.69, 9.17) is 11.6 Å². The molecular formula is C19H12ClNO. The van der Waals surface area contributed by atoms with Gasteiger partial charge in [0.25, 0.3) is 0 Å². The van der Waals surface area contributed by atoms with E-state index in [1.807, 2.05) is 46.9 Å². The zero-order chi connectivity index (χ0) is 15.1. The van der Waals surface area contributed by atoms with Gasteiger partial charge in [-0.25, -0.2) is 0 Å². The van der Waals surface area contributed by atoms with Crippen LogP contribution in [0.5, 0.6) is 0 Å². The predicted octanol–water partition coefficient (Wildman–Crippen LogP) is 4.98. The molecule has 0 radical (unpaired) electrons. The maximum Gasteiger partial charge on any atom is 0.209 e. The molecular weight excluding hydrogens is 294 g/mol. The van der Waals surface area contributed by atoms with Crippen molar-refractivity contribution in [2.24, 2.45) is 0 Å². The summed E-state index contributed by atoms with van der Waals surface area (Å²) in [6, 6.07) is 23.0. The molecule has 0 saturated heterocycles. The highest BCUT2D eigenvalue weighted by molar-refractivity contribution is 6.30. The highest BCUT2D eigenvalue weighted by Gasteiger charge is 2.14. The number of hydrogen-bond donors (Lipinski definition) is 0. The normalized spacial score (nSPS) is 11.1. The summed E-state index contributed by atoms with van der Waals surface area (Å²) in [5.41, 5.74) is 3.34. The van der Waals surface area contributed by atoms with Crippen LogP contribution < -0.4 is 0 Å². The van der Waals surface area contributed by atoms with E-state index in [1.54, 1.807) is 24.3 Å². The molecule has 2 aromatic heterocycles. The fourth-order valence-corrected chi connectivity index (χ4v) is 2.91. The minimum absolute atomic E-state index is 0.00646. The minimum atomic E-state index is -0.00646. The SMILES string of the molecule is O=C(c1ccc(Cl)cc1)c1ccc2ccc3ccccc3n12. The summed E-state index contributed by atoms with van der Waals surface area (Å²) in [4.78, 5) is 12.8.